The Labute approximate surface area is 84.7 Å². The van der Waals surface area contributed by atoms with Gasteiger partial charge < -0.3 is 10.6 Å². The molecular weight excluding hydrogens is 176 g/mol. The van der Waals surface area contributed by atoms with E-state index in [-0.39, 0.29) is 0 Å². The van der Waals surface area contributed by atoms with Gasteiger partial charge in [0.2, 0.25) is 0 Å². The van der Waals surface area contributed by atoms with Gasteiger partial charge >= 0.3 is 0 Å². The number of hydrogen-bond donors (Lipinski definition) is 1. The van der Waals surface area contributed by atoms with E-state index in [1.165, 1.54) is 19.3 Å². The second kappa shape index (κ2) is 3.52. The van der Waals surface area contributed by atoms with E-state index < -0.39 is 0 Å². The minimum absolute atomic E-state index is 0.842. The van der Waals surface area contributed by atoms with Gasteiger partial charge in [-0.25, -0.2) is 0 Å². The molecule has 2 N–H and O–H groups in total. The lowest BCUT2D eigenvalue weighted by molar-refractivity contribution is 0.569. The molecule has 1 aromatic heterocycles. The van der Waals surface area contributed by atoms with Crippen molar-refractivity contribution >= 4 is 11.5 Å². The van der Waals surface area contributed by atoms with Crippen LogP contribution in [0.3, 0.4) is 0 Å². The van der Waals surface area contributed by atoms with E-state index in [9.17, 15) is 0 Å². The first-order valence-electron chi connectivity index (χ1n) is 5.24. The summed E-state index contributed by atoms with van der Waals surface area (Å²) in [6, 6.07) is 0. The number of nitrogens with zero attached hydrogens (tertiary/aromatic N) is 3. The Morgan fingerprint density at radius 1 is 1.21 bits per heavy atom. The predicted molar refractivity (Wildman–Crippen MR) is 58.4 cm³/mol. The van der Waals surface area contributed by atoms with Crippen molar-refractivity contribution in [3.63, 3.8) is 0 Å². The van der Waals surface area contributed by atoms with Crippen LogP contribution in [0.1, 0.15) is 25.0 Å². The molecular formula is C10H18N4. The number of nitrogen functional groups attached to an aromatic ring is 1. The summed E-state index contributed by atoms with van der Waals surface area (Å²) in [5, 5.41) is 4.45. The molecule has 4 heteroatoms. The van der Waals surface area contributed by atoms with E-state index in [0.29, 0.717) is 0 Å². The number of nitrogens with two attached hydrogens (primary N) is 1. The fourth-order valence-corrected chi connectivity index (χ4v) is 1.95. The molecule has 14 heavy (non-hydrogen) atoms. The highest BCUT2D eigenvalue weighted by Crippen LogP contribution is 2.26. The molecule has 0 aromatic carbocycles. The number of anilines is 2. The van der Waals surface area contributed by atoms with E-state index in [2.05, 4.69) is 10.00 Å². The van der Waals surface area contributed by atoms with Crippen molar-refractivity contribution in [2.24, 2.45) is 7.05 Å². The van der Waals surface area contributed by atoms with Crippen LogP contribution < -0.4 is 10.6 Å². The van der Waals surface area contributed by atoms with Crippen LogP contribution in [-0.4, -0.2) is 22.9 Å². The van der Waals surface area contributed by atoms with Crippen LogP contribution in [0, 0.1) is 6.92 Å². The fraction of sp³-hybridized carbons (Fsp3) is 0.700. The molecule has 0 aliphatic carbocycles. The number of aromatic nitrogens is 2. The van der Waals surface area contributed by atoms with Crippen molar-refractivity contribution in [3.05, 3.63) is 5.69 Å². The van der Waals surface area contributed by atoms with Crippen LogP contribution in [0.5, 0.6) is 0 Å². The minimum atomic E-state index is 0.842. The number of piperidine rings is 1. The zero-order chi connectivity index (χ0) is 10.1. The Morgan fingerprint density at radius 3 is 2.36 bits per heavy atom. The minimum Gasteiger partial charge on any atom is -0.394 e. The Kier molecular flexibility index (Phi) is 2.35. The SMILES string of the molecule is Cc1c(N)c(N2CCCCC2)nn1C. The summed E-state index contributed by atoms with van der Waals surface area (Å²) in [5.41, 5.74) is 7.91. The molecule has 1 saturated heterocycles. The number of hydrogen-bond acceptors (Lipinski definition) is 3. The van der Waals surface area contributed by atoms with Crippen molar-refractivity contribution < 1.29 is 0 Å². The quantitative estimate of drug-likeness (QED) is 0.733. The normalized spacial score (nSPS) is 17.4. The lowest BCUT2D eigenvalue weighted by Gasteiger charge is -2.26. The van der Waals surface area contributed by atoms with Crippen molar-refractivity contribution in [3.8, 4) is 0 Å². The molecule has 2 heterocycles. The predicted octanol–water partition coefficient (Wildman–Crippen LogP) is 1.30. The summed E-state index contributed by atoms with van der Waals surface area (Å²) in [7, 11) is 1.94. The van der Waals surface area contributed by atoms with Gasteiger partial charge in [-0.3, -0.25) is 4.68 Å². The standard InChI is InChI=1S/C10H18N4/c1-8-9(11)10(12-13(8)2)14-6-4-3-5-7-14/h3-7,11H2,1-2H3. The lowest BCUT2D eigenvalue weighted by Crippen LogP contribution is -2.30. The Bertz CT molecular complexity index is 323. The van der Waals surface area contributed by atoms with Gasteiger partial charge in [-0.2, -0.15) is 5.10 Å². The van der Waals surface area contributed by atoms with Gasteiger partial charge in [-0.1, -0.05) is 0 Å². The maximum absolute atomic E-state index is 6.01. The fourth-order valence-electron chi connectivity index (χ4n) is 1.95. The molecule has 78 valence electrons. The van der Waals surface area contributed by atoms with E-state index in [1.54, 1.807) is 0 Å². The largest absolute Gasteiger partial charge is 0.394 e. The Morgan fingerprint density at radius 2 is 1.86 bits per heavy atom. The van der Waals surface area contributed by atoms with Gasteiger partial charge in [0.25, 0.3) is 0 Å². The van der Waals surface area contributed by atoms with Crippen molar-refractivity contribution in [1.29, 1.82) is 0 Å². The van der Waals surface area contributed by atoms with Crippen LogP contribution in [0.15, 0.2) is 0 Å². The number of aryl methyl sites for hydroxylation is 1. The average molecular weight is 194 g/mol. The van der Waals surface area contributed by atoms with E-state index >= 15 is 0 Å². The molecule has 4 nitrogen and oxygen atoms in total. The Balaban J connectivity index is 2.26. The van der Waals surface area contributed by atoms with Crippen LogP contribution in [-0.2, 0) is 7.05 Å². The molecule has 2 rings (SSSR count). The van der Waals surface area contributed by atoms with Crippen LogP contribution in [0.2, 0.25) is 0 Å². The van der Waals surface area contributed by atoms with Crippen LogP contribution in [0.4, 0.5) is 11.5 Å². The van der Waals surface area contributed by atoms with Gasteiger partial charge in [0.05, 0.1) is 11.4 Å². The first-order chi connectivity index (χ1) is 6.70. The molecule has 0 saturated carbocycles. The molecule has 0 atom stereocenters. The van der Waals surface area contributed by atoms with E-state index in [0.717, 1.165) is 30.3 Å². The van der Waals surface area contributed by atoms with Gasteiger partial charge in [-0.15, -0.1) is 0 Å². The molecule has 1 aliphatic heterocycles. The van der Waals surface area contributed by atoms with Crippen molar-refractivity contribution in [2.45, 2.75) is 26.2 Å². The first kappa shape index (κ1) is 9.37. The summed E-state index contributed by atoms with van der Waals surface area (Å²) < 4.78 is 1.86. The molecule has 0 radical (unpaired) electrons. The third kappa shape index (κ3) is 1.45. The summed E-state index contributed by atoms with van der Waals surface area (Å²) in [6.07, 6.45) is 3.85. The molecule has 1 fully saturated rings. The molecule has 0 unspecified atom stereocenters. The number of rotatable bonds is 1. The maximum Gasteiger partial charge on any atom is 0.174 e. The highest BCUT2D eigenvalue weighted by molar-refractivity contribution is 5.65. The second-order valence-electron chi connectivity index (χ2n) is 3.99. The third-order valence-electron chi connectivity index (χ3n) is 3.02. The lowest BCUT2D eigenvalue weighted by atomic mass is 10.1. The van der Waals surface area contributed by atoms with Gasteiger partial charge in [-0.05, 0) is 26.2 Å². The zero-order valence-electron chi connectivity index (χ0n) is 8.95. The van der Waals surface area contributed by atoms with Gasteiger partial charge in [0.15, 0.2) is 5.82 Å². The highest BCUT2D eigenvalue weighted by Gasteiger charge is 2.18. The average Bonchev–Trinajstić information content (AvgIpc) is 2.47. The summed E-state index contributed by atoms with van der Waals surface area (Å²) in [4.78, 5) is 2.30. The van der Waals surface area contributed by atoms with Gasteiger partial charge in [0, 0.05) is 20.1 Å². The van der Waals surface area contributed by atoms with Crippen molar-refractivity contribution in [2.75, 3.05) is 23.7 Å². The third-order valence-corrected chi connectivity index (χ3v) is 3.02. The maximum atomic E-state index is 6.01. The molecule has 1 aliphatic rings. The molecule has 1 aromatic rings. The molecule has 0 bridgehead atoms. The van der Waals surface area contributed by atoms with Gasteiger partial charge in [0.1, 0.15) is 0 Å². The zero-order valence-corrected chi connectivity index (χ0v) is 8.95. The van der Waals surface area contributed by atoms with Crippen LogP contribution in [0.25, 0.3) is 0 Å². The monoisotopic (exact) mass is 194 g/mol. The molecule has 0 amide bonds. The second-order valence-corrected chi connectivity index (χ2v) is 3.99. The smallest absolute Gasteiger partial charge is 0.174 e. The summed E-state index contributed by atoms with van der Waals surface area (Å²) >= 11 is 0. The van der Waals surface area contributed by atoms with E-state index in [1.807, 2.05) is 18.7 Å². The summed E-state index contributed by atoms with van der Waals surface area (Å²) in [5.74, 6) is 0.977. The summed E-state index contributed by atoms with van der Waals surface area (Å²) in [6.45, 7) is 4.21. The first-order valence-corrected chi connectivity index (χ1v) is 5.24. The topological polar surface area (TPSA) is 47.1 Å². The molecule has 0 spiro atoms. The Hall–Kier alpha value is -1.19. The van der Waals surface area contributed by atoms with Crippen molar-refractivity contribution in [1.82, 2.24) is 9.78 Å². The highest BCUT2D eigenvalue weighted by atomic mass is 15.4. The van der Waals surface area contributed by atoms with Crippen LogP contribution >= 0.6 is 0 Å². The van der Waals surface area contributed by atoms with E-state index in [4.69, 9.17) is 5.73 Å².